The van der Waals surface area contributed by atoms with Gasteiger partial charge in [0.15, 0.2) is 0 Å². The van der Waals surface area contributed by atoms with E-state index in [2.05, 4.69) is 31.3 Å². The minimum absolute atomic E-state index is 0.212. The maximum Gasteiger partial charge on any atom is 0.283 e. The number of anilines is 1. The summed E-state index contributed by atoms with van der Waals surface area (Å²) in [6.07, 6.45) is 3.23. The topological polar surface area (TPSA) is 82.2 Å². The Kier molecular flexibility index (Phi) is 4.91. The Labute approximate surface area is 124 Å². The molecular weight excluding hydrogens is 328 g/mol. The number of nitrogens with one attached hydrogen (secondary N) is 1. The lowest BCUT2D eigenvalue weighted by Crippen LogP contribution is -2.26. The highest BCUT2D eigenvalue weighted by Gasteiger charge is 2.09. The van der Waals surface area contributed by atoms with Crippen molar-refractivity contribution in [3.63, 3.8) is 0 Å². The SMILES string of the molecule is COCCn1ncc(NCc2ncc(C)o2)c(Br)c1=O. The number of ether oxygens (including phenoxy) is 1. The summed E-state index contributed by atoms with van der Waals surface area (Å²) >= 11 is 3.27. The van der Waals surface area contributed by atoms with Gasteiger partial charge in [0, 0.05) is 7.11 Å². The predicted molar refractivity (Wildman–Crippen MR) is 76.6 cm³/mol. The molecule has 1 N–H and O–H groups in total. The number of methoxy groups -OCH3 is 1. The summed E-state index contributed by atoms with van der Waals surface area (Å²) in [5, 5.41) is 7.13. The van der Waals surface area contributed by atoms with Crippen LogP contribution in [0, 0.1) is 6.92 Å². The second kappa shape index (κ2) is 6.67. The van der Waals surface area contributed by atoms with Crippen molar-refractivity contribution in [3.8, 4) is 0 Å². The van der Waals surface area contributed by atoms with Crippen molar-refractivity contribution in [2.75, 3.05) is 19.0 Å². The van der Waals surface area contributed by atoms with Crippen LogP contribution in [0.4, 0.5) is 5.69 Å². The van der Waals surface area contributed by atoms with Gasteiger partial charge < -0.3 is 14.5 Å². The number of hydrogen-bond donors (Lipinski definition) is 1. The molecule has 0 radical (unpaired) electrons. The minimum atomic E-state index is -0.212. The lowest BCUT2D eigenvalue weighted by Gasteiger charge is -2.09. The first-order valence-corrected chi connectivity index (χ1v) is 6.81. The van der Waals surface area contributed by atoms with Crippen molar-refractivity contribution in [2.45, 2.75) is 20.0 Å². The molecule has 108 valence electrons. The number of hydrogen-bond acceptors (Lipinski definition) is 6. The summed E-state index contributed by atoms with van der Waals surface area (Å²) < 4.78 is 12.0. The average Bonchev–Trinajstić information content (AvgIpc) is 2.85. The highest BCUT2D eigenvalue weighted by Crippen LogP contribution is 2.17. The van der Waals surface area contributed by atoms with E-state index in [1.807, 2.05) is 6.92 Å². The highest BCUT2D eigenvalue weighted by atomic mass is 79.9. The van der Waals surface area contributed by atoms with E-state index in [1.165, 1.54) is 4.68 Å². The van der Waals surface area contributed by atoms with E-state index in [9.17, 15) is 4.79 Å². The molecule has 2 rings (SSSR count). The van der Waals surface area contributed by atoms with Crippen LogP contribution >= 0.6 is 15.9 Å². The van der Waals surface area contributed by atoms with E-state index in [0.717, 1.165) is 5.76 Å². The molecule has 2 aromatic rings. The number of nitrogens with zero attached hydrogens (tertiary/aromatic N) is 3. The van der Waals surface area contributed by atoms with Crippen molar-refractivity contribution < 1.29 is 9.15 Å². The van der Waals surface area contributed by atoms with Crippen LogP contribution in [0.3, 0.4) is 0 Å². The van der Waals surface area contributed by atoms with Gasteiger partial charge in [-0.25, -0.2) is 9.67 Å². The largest absolute Gasteiger partial charge is 0.444 e. The van der Waals surface area contributed by atoms with Crippen molar-refractivity contribution in [1.29, 1.82) is 0 Å². The number of aromatic nitrogens is 3. The summed E-state index contributed by atoms with van der Waals surface area (Å²) in [6.45, 7) is 3.05. The fourth-order valence-corrected chi connectivity index (χ4v) is 2.03. The third-order valence-corrected chi connectivity index (χ3v) is 3.36. The summed E-state index contributed by atoms with van der Waals surface area (Å²) in [6, 6.07) is 0. The van der Waals surface area contributed by atoms with Gasteiger partial charge in [0.25, 0.3) is 5.56 Å². The zero-order valence-electron chi connectivity index (χ0n) is 11.2. The van der Waals surface area contributed by atoms with E-state index in [1.54, 1.807) is 19.5 Å². The minimum Gasteiger partial charge on any atom is -0.444 e. The van der Waals surface area contributed by atoms with E-state index >= 15 is 0 Å². The fourth-order valence-electron chi connectivity index (χ4n) is 1.58. The second-order valence-corrected chi connectivity index (χ2v) is 4.90. The molecule has 0 unspecified atom stereocenters. The smallest absolute Gasteiger partial charge is 0.283 e. The van der Waals surface area contributed by atoms with E-state index < -0.39 is 0 Å². The van der Waals surface area contributed by atoms with Gasteiger partial charge in [0.05, 0.1) is 37.8 Å². The van der Waals surface area contributed by atoms with E-state index in [-0.39, 0.29) is 5.56 Å². The molecule has 8 heteroatoms. The van der Waals surface area contributed by atoms with Gasteiger partial charge in [-0.3, -0.25) is 4.79 Å². The first-order valence-electron chi connectivity index (χ1n) is 6.01. The lowest BCUT2D eigenvalue weighted by atomic mass is 10.4. The van der Waals surface area contributed by atoms with Gasteiger partial charge in [-0.1, -0.05) is 0 Å². The molecule has 0 atom stereocenters. The molecule has 7 nitrogen and oxygen atoms in total. The Balaban J connectivity index is 2.09. The van der Waals surface area contributed by atoms with Gasteiger partial charge in [0.2, 0.25) is 5.89 Å². The third kappa shape index (κ3) is 3.45. The Morgan fingerprint density at radius 1 is 1.50 bits per heavy atom. The van der Waals surface area contributed by atoms with Crippen LogP contribution in [0.25, 0.3) is 0 Å². The first-order chi connectivity index (χ1) is 9.61. The lowest BCUT2D eigenvalue weighted by molar-refractivity contribution is 0.181. The zero-order valence-corrected chi connectivity index (χ0v) is 12.8. The Hall–Kier alpha value is -1.67. The summed E-state index contributed by atoms with van der Waals surface area (Å²) in [7, 11) is 1.58. The fraction of sp³-hybridized carbons (Fsp3) is 0.417. The summed E-state index contributed by atoms with van der Waals surface area (Å²) in [4.78, 5) is 16.1. The molecule has 0 aliphatic carbocycles. The molecule has 0 bridgehead atoms. The first kappa shape index (κ1) is 14.7. The molecular formula is C12H15BrN4O3. The maximum absolute atomic E-state index is 12.0. The number of oxazole rings is 1. The Morgan fingerprint density at radius 3 is 2.95 bits per heavy atom. The van der Waals surface area contributed by atoms with Crippen LogP contribution in [0.1, 0.15) is 11.7 Å². The summed E-state index contributed by atoms with van der Waals surface area (Å²) in [5.74, 6) is 1.30. The van der Waals surface area contributed by atoms with Gasteiger partial charge in [-0.2, -0.15) is 5.10 Å². The molecule has 0 aliphatic rings. The zero-order chi connectivity index (χ0) is 14.5. The third-order valence-electron chi connectivity index (χ3n) is 2.59. The van der Waals surface area contributed by atoms with Crippen molar-refractivity contribution in [3.05, 3.63) is 38.9 Å². The Bertz CT molecular complexity index is 638. The molecule has 0 amide bonds. The van der Waals surface area contributed by atoms with Crippen LogP contribution < -0.4 is 10.9 Å². The molecule has 0 fully saturated rings. The van der Waals surface area contributed by atoms with E-state index in [0.29, 0.717) is 35.7 Å². The quantitative estimate of drug-likeness (QED) is 0.857. The Morgan fingerprint density at radius 2 is 2.30 bits per heavy atom. The molecule has 2 aromatic heterocycles. The van der Waals surface area contributed by atoms with Gasteiger partial charge in [-0.05, 0) is 22.9 Å². The molecule has 0 aromatic carbocycles. The van der Waals surface area contributed by atoms with Crippen molar-refractivity contribution in [2.24, 2.45) is 0 Å². The van der Waals surface area contributed by atoms with Crippen molar-refractivity contribution >= 4 is 21.6 Å². The molecule has 20 heavy (non-hydrogen) atoms. The molecule has 0 saturated heterocycles. The number of rotatable bonds is 6. The number of halogens is 1. The van der Waals surface area contributed by atoms with Crippen LogP contribution in [0.5, 0.6) is 0 Å². The molecule has 0 saturated carbocycles. The summed E-state index contributed by atoms with van der Waals surface area (Å²) in [5.41, 5.74) is 0.384. The average molecular weight is 343 g/mol. The van der Waals surface area contributed by atoms with Crippen molar-refractivity contribution in [1.82, 2.24) is 14.8 Å². The molecule has 0 spiro atoms. The standard InChI is InChI=1S/C12H15BrN4O3/c1-8-5-15-10(20-8)7-14-9-6-16-17(3-4-19-2)12(18)11(9)13/h5-6,14H,3-4,7H2,1-2H3. The number of aryl methyl sites for hydroxylation is 1. The highest BCUT2D eigenvalue weighted by molar-refractivity contribution is 9.10. The maximum atomic E-state index is 12.0. The molecule has 0 aliphatic heterocycles. The predicted octanol–water partition coefficient (Wildman–Crippen LogP) is 1.56. The van der Waals surface area contributed by atoms with Crippen LogP contribution in [0.15, 0.2) is 26.1 Å². The second-order valence-electron chi connectivity index (χ2n) is 4.11. The normalized spacial score (nSPS) is 10.8. The van der Waals surface area contributed by atoms with E-state index in [4.69, 9.17) is 9.15 Å². The van der Waals surface area contributed by atoms with Gasteiger partial charge in [0.1, 0.15) is 10.2 Å². The van der Waals surface area contributed by atoms with Gasteiger partial charge >= 0.3 is 0 Å². The van der Waals surface area contributed by atoms with Crippen LogP contribution in [0.2, 0.25) is 0 Å². The molecule has 2 heterocycles. The van der Waals surface area contributed by atoms with Gasteiger partial charge in [-0.15, -0.1) is 0 Å². The van der Waals surface area contributed by atoms with Crippen LogP contribution in [-0.2, 0) is 17.8 Å². The van der Waals surface area contributed by atoms with Crippen LogP contribution in [-0.4, -0.2) is 28.5 Å². The monoisotopic (exact) mass is 342 g/mol.